The third-order valence-corrected chi connectivity index (χ3v) is 1.98. The number of nitrogens with two attached hydrogens (primary N) is 1. The fourth-order valence-corrected chi connectivity index (χ4v) is 1.43. The third kappa shape index (κ3) is 1.90. The Kier molecular flexibility index (Phi) is 2.54. The molecule has 4 heteroatoms. The van der Waals surface area contributed by atoms with E-state index in [2.05, 4.69) is 10.0 Å². The van der Waals surface area contributed by atoms with Gasteiger partial charge in [0.1, 0.15) is 0 Å². The Morgan fingerprint density at radius 1 is 1.60 bits per heavy atom. The quantitative estimate of drug-likeness (QED) is 0.351. The number of rotatable bonds is 2. The highest BCUT2D eigenvalue weighted by Gasteiger charge is 2.20. The lowest BCUT2D eigenvalue weighted by molar-refractivity contribution is 0.548. The summed E-state index contributed by atoms with van der Waals surface area (Å²) in [6.45, 7) is 0.629. The van der Waals surface area contributed by atoms with E-state index in [1.165, 1.54) is 0 Å². The van der Waals surface area contributed by atoms with Crippen LogP contribution in [-0.4, -0.2) is 12.6 Å². The predicted octanol–water partition coefficient (Wildman–Crippen LogP) is 1.42. The molecular weight excluding hydrogens is 128 g/mol. The van der Waals surface area contributed by atoms with Crippen molar-refractivity contribution in [2.45, 2.75) is 25.3 Å². The van der Waals surface area contributed by atoms with Gasteiger partial charge < -0.3 is 5.73 Å². The molecule has 0 amide bonds. The molecule has 0 spiro atoms. The molecular formula is C6H12N4. The third-order valence-electron chi connectivity index (χ3n) is 1.98. The van der Waals surface area contributed by atoms with Gasteiger partial charge in [0.15, 0.2) is 0 Å². The molecule has 0 aromatic carbocycles. The van der Waals surface area contributed by atoms with Crippen molar-refractivity contribution in [2.75, 3.05) is 6.54 Å². The van der Waals surface area contributed by atoms with Crippen molar-refractivity contribution in [3.05, 3.63) is 10.4 Å². The first kappa shape index (κ1) is 7.38. The fourth-order valence-electron chi connectivity index (χ4n) is 1.43. The minimum atomic E-state index is 0.346. The van der Waals surface area contributed by atoms with Crippen molar-refractivity contribution >= 4 is 0 Å². The molecule has 0 bridgehead atoms. The van der Waals surface area contributed by atoms with Gasteiger partial charge in [-0.1, -0.05) is 5.11 Å². The zero-order chi connectivity index (χ0) is 7.40. The van der Waals surface area contributed by atoms with Crippen molar-refractivity contribution in [3.63, 3.8) is 0 Å². The Balaban J connectivity index is 2.24. The summed E-state index contributed by atoms with van der Waals surface area (Å²) in [5, 5.41) is 3.51. The van der Waals surface area contributed by atoms with Crippen molar-refractivity contribution in [3.8, 4) is 0 Å². The minimum absolute atomic E-state index is 0.346. The molecule has 0 heterocycles. The van der Waals surface area contributed by atoms with Gasteiger partial charge in [-0.3, -0.25) is 0 Å². The maximum atomic E-state index is 8.02. The summed E-state index contributed by atoms with van der Waals surface area (Å²) in [4.78, 5) is 2.71. The number of hydrogen-bond donors (Lipinski definition) is 1. The molecule has 56 valence electrons. The van der Waals surface area contributed by atoms with Crippen LogP contribution in [0.5, 0.6) is 0 Å². The standard InChI is InChI=1S/C6H12N4/c7-6-2-1-5(3-6)4-9-10-8/h5-6H,1-4,7H2/t5-,6+/m1/s1. The average Bonchev–Trinajstić information content (AvgIpc) is 2.31. The number of hydrogen-bond acceptors (Lipinski definition) is 2. The second-order valence-corrected chi connectivity index (χ2v) is 2.85. The molecule has 0 radical (unpaired) electrons. The van der Waals surface area contributed by atoms with Crippen LogP contribution in [0.4, 0.5) is 0 Å². The molecule has 0 aromatic heterocycles. The van der Waals surface area contributed by atoms with E-state index in [-0.39, 0.29) is 0 Å². The van der Waals surface area contributed by atoms with E-state index < -0.39 is 0 Å². The Labute approximate surface area is 60.0 Å². The van der Waals surface area contributed by atoms with Crippen LogP contribution < -0.4 is 5.73 Å². The van der Waals surface area contributed by atoms with Crippen LogP contribution in [-0.2, 0) is 0 Å². The Morgan fingerprint density at radius 3 is 2.90 bits per heavy atom. The first-order valence-electron chi connectivity index (χ1n) is 3.59. The minimum Gasteiger partial charge on any atom is -0.328 e. The molecule has 0 aliphatic heterocycles. The Morgan fingerprint density at radius 2 is 2.40 bits per heavy atom. The molecule has 0 unspecified atom stereocenters. The van der Waals surface area contributed by atoms with Crippen LogP contribution in [0.1, 0.15) is 19.3 Å². The summed E-state index contributed by atoms with van der Waals surface area (Å²) < 4.78 is 0. The highest BCUT2D eigenvalue weighted by atomic mass is 15.1. The summed E-state index contributed by atoms with van der Waals surface area (Å²) in [6, 6.07) is 0.346. The zero-order valence-corrected chi connectivity index (χ0v) is 5.90. The van der Waals surface area contributed by atoms with Crippen molar-refractivity contribution < 1.29 is 0 Å². The summed E-state index contributed by atoms with van der Waals surface area (Å²) in [6.07, 6.45) is 3.24. The highest BCUT2D eigenvalue weighted by Crippen LogP contribution is 2.23. The van der Waals surface area contributed by atoms with Crippen molar-refractivity contribution in [1.29, 1.82) is 0 Å². The normalized spacial score (nSPS) is 31.7. The molecule has 0 saturated heterocycles. The smallest absolute Gasteiger partial charge is 0.0286 e. The van der Waals surface area contributed by atoms with E-state index in [1.807, 2.05) is 0 Å². The first-order chi connectivity index (χ1) is 4.83. The van der Waals surface area contributed by atoms with Crippen LogP contribution in [0, 0.1) is 5.92 Å². The van der Waals surface area contributed by atoms with Crippen LogP contribution in [0.3, 0.4) is 0 Å². The molecule has 1 aliphatic carbocycles. The van der Waals surface area contributed by atoms with Gasteiger partial charge in [0, 0.05) is 17.5 Å². The number of nitrogens with zero attached hydrogens (tertiary/aromatic N) is 3. The van der Waals surface area contributed by atoms with Gasteiger partial charge in [0.2, 0.25) is 0 Å². The monoisotopic (exact) mass is 140 g/mol. The zero-order valence-electron chi connectivity index (χ0n) is 5.90. The highest BCUT2D eigenvalue weighted by molar-refractivity contribution is 4.78. The average molecular weight is 140 g/mol. The molecule has 10 heavy (non-hydrogen) atoms. The summed E-state index contributed by atoms with van der Waals surface area (Å²) in [7, 11) is 0. The van der Waals surface area contributed by atoms with Crippen molar-refractivity contribution in [2.24, 2.45) is 16.8 Å². The molecule has 4 nitrogen and oxygen atoms in total. The molecule has 2 N–H and O–H groups in total. The van der Waals surface area contributed by atoms with Gasteiger partial charge in [0.25, 0.3) is 0 Å². The van der Waals surface area contributed by atoms with Gasteiger partial charge in [-0.15, -0.1) is 0 Å². The van der Waals surface area contributed by atoms with Crippen LogP contribution in [0.2, 0.25) is 0 Å². The molecule has 0 aromatic rings. The lowest BCUT2D eigenvalue weighted by atomic mass is 10.1. The molecule has 2 atom stereocenters. The van der Waals surface area contributed by atoms with E-state index in [0.29, 0.717) is 18.5 Å². The van der Waals surface area contributed by atoms with Gasteiger partial charge in [0.05, 0.1) is 0 Å². The topological polar surface area (TPSA) is 74.8 Å². The molecule has 1 saturated carbocycles. The molecule has 1 aliphatic rings. The first-order valence-corrected chi connectivity index (χ1v) is 3.59. The van der Waals surface area contributed by atoms with Gasteiger partial charge in [-0.25, -0.2) is 0 Å². The van der Waals surface area contributed by atoms with Crippen LogP contribution in [0.25, 0.3) is 10.4 Å². The summed E-state index contributed by atoms with van der Waals surface area (Å²) >= 11 is 0. The van der Waals surface area contributed by atoms with Crippen molar-refractivity contribution in [1.82, 2.24) is 0 Å². The van der Waals surface area contributed by atoms with E-state index >= 15 is 0 Å². The lowest BCUT2D eigenvalue weighted by Crippen LogP contribution is -2.15. The lowest BCUT2D eigenvalue weighted by Gasteiger charge is -2.02. The van der Waals surface area contributed by atoms with E-state index in [1.54, 1.807) is 0 Å². The van der Waals surface area contributed by atoms with Gasteiger partial charge >= 0.3 is 0 Å². The number of azide groups is 1. The van der Waals surface area contributed by atoms with Crippen LogP contribution >= 0.6 is 0 Å². The molecule has 1 fully saturated rings. The fraction of sp³-hybridized carbons (Fsp3) is 1.00. The van der Waals surface area contributed by atoms with E-state index in [4.69, 9.17) is 11.3 Å². The Hall–Kier alpha value is -0.730. The second kappa shape index (κ2) is 3.44. The van der Waals surface area contributed by atoms with Gasteiger partial charge in [-0.05, 0) is 30.7 Å². The van der Waals surface area contributed by atoms with E-state index in [9.17, 15) is 0 Å². The van der Waals surface area contributed by atoms with E-state index in [0.717, 1.165) is 19.3 Å². The maximum absolute atomic E-state index is 8.02. The maximum Gasteiger partial charge on any atom is 0.0286 e. The Bertz CT molecular complexity index is 150. The SMILES string of the molecule is [N-]=[N+]=NC[C@@H]1CC[C@H](N)C1. The predicted molar refractivity (Wildman–Crippen MR) is 39.3 cm³/mol. The van der Waals surface area contributed by atoms with Crippen LogP contribution in [0.15, 0.2) is 5.11 Å². The molecule has 1 rings (SSSR count). The second-order valence-electron chi connectivity index (χ2n) is 2.85. The largest absolute Gasteiger partial charge is 0.328 e. The van der Waals surface area contributed by atoms with Gasteiger partial charge in [-0.2, -0.15) is 0 Å². The summed E-state index contributed by atoms with van der Waals surface area (Å²) in [5.74, 6) is 0.547. The summed E-state index contributed by atoms with van der Waals surface area (Å²) in [5.41, 5.74) is 13.7.